The van der Waals surface area contributed by atoms with Crippen LogP contribution < -0.4 is 0 Å². The average Bonchev–Trinajstić information content (AvgIpc) is 2.09. The lowest BCUT2D eigenvalue weighted by atomic mass is 9.95. The molecule has 1 aliphatic rings. The molecule has 1 heterocycles. The van der Waals surface area contributed by atoms with Crippen molar-refractivity contribution in [3.8, 4) is 0 Å². The average molecular weight is 178 g/mol. The lowest BCUT2D eigenvalue weighted by molar-refractivity contribution is -0.321. The van der Waals surface area contributed by atoms with Gasteiger partial charge in [-0.3, -0.25) is 0 Å². The molecule has 0 aliphatic carbocycles. The number of aliphatic hydroxyl groups is 4. The molecule has 5 nitrogen and oxygen atoms in total. The van der Waals surface area contributed by atoms with Gasteiger partial charge in [-0.2, -0.15) is 0 Å². The van der Waals surface area contributed by atoms with Crippen LogP contribution in [0.1, 0.15) is 13.3 Å². The van der Waals surface area contributed by atoms with Crippen LogP contribution in [0, 0.1) is 0 Å². The van der Waals surface area contributed by atoms with E-state index in [4.69, 9.17) is 9.84 Å². The first-order valence-electron chi connectivity index (χ1n) is 3.92. The molecule has 0 aromatic heterocycles. The van der Waals surface area contributed by atoms with E-state index in [1.807, 2.05) is 0 Å². The predicted octanol–water partition coefficient (Wildman–Crippen LogP) is -1.80. The summed E-state index contributed by atoms with van der Waals surface area (Å²) in [5.41, 5.74) is 0. The van der Waals surface area contributed by atoms with Gasteiger partial charge in [0, 0.05) is 6.42 Å². The van der Waals surface area contributed by atoms with Gasteiger partial charge in [0.25, 0.3) is 0 Å². The molecule has 12 heavy (non-hydrogen) atoms. The van der Waals surface area contributed by atoms with E-state index in [0.29, 0.717) is 0 Å². The third-order valence-electron chi connectivity index (χ3n) is 2.19. The van der Waals surface area contributed by atoms with E-state index >= 15 is 0 Å². The molecular weight excluding hydrogens is 164 g/mol. The molecule has 72 valence electrons. The van der Waals surface area contributed by atoms with Crippen molar-refractivity contribution in [3.05, 3.63) is 0 Å². The molecular formula is C7H14O5. The second-order valence-corrected chi connectivity index (χ2v) is 3.01. The molecule has 0 aromatic rings. The Labute approximate surface area is 70.2 Å². The Balaban J connectivity index is 2.71. The molecule has 0 amide bonds. The summed E-state index contributed by atoms with van der Waals surface area (Å²) >= 11 is 0. The van der Waals surface area contributed by atoms with Crippen molar-refractivity contribution >= 4 is 0 Å². The number of rotatable bonds is 1. The number of ether oxygens (including phenoxy) is 1. The first kappa shape index (κ1) is 9.88. The molecule has 0 saturated carbocycles. The molecule has 0 unspecified atom stereocenters. The van der Waals surface area contributed by atoms with E-state index in [1.165, 1.54) is 0 Å². The molecule has 0 spiro atoms. The minimum atomic E-state index is -1.72. The first-order valence-corrected chi connectivity index (χ1v) is 3.92. The van der Waals surface area contributed by atoms with Gasteiger partial charge in [0.15, 0.2) is 5.79 Å². The number of hydrogen-bond acceptors (Lipinski definition) is 5. The Hall–Kier alpha value is -0.200. The van der Waals surface area contributed by atoms with Gasteiger partial charge >= 0.3 is 0 Å². The maximum Gasteiger partial charge on any atom is 0.194 e. The monoisotopic (exact) mass is 178 g/mol. The summed E-state index contributed by atoms with van der Waals surface area (Å²) in [6, 6.07) is 0. The van der Waals surface area contributed by atoms with Crippen molar-refractivity contribution in [1.82, 2.24) is 0 Å². The van der Waals surface area contributed by atoms with Crippen LogP contribution in [0.4, 0.5) is 0 Å². The molecule has 1 rings (SSSR count). The van der Waals surface area contributed by atoms with Crippen LogP contribution in [0.5, 0.6) is 0 Å². The topological polar surface area (TPSA) is 90.2 Å². The van der Waals surface area contributed by atoms with Gasteiger partial charge in [-0.1, -0.05) is 6.92 Å². The van der Waals surface area contributed by atoms with E-state index in [0.717, 1.165) is 0 Å². The second kappa shape index (κ2) is 3.27. The fourth-order valence-corrected chi connectivity index (χ4v) is 1.20. The highest BCUT2D eigenvalue weighted by atomic mass is 16.6. The molecule has 1 saturated heterocycles. The molecule has 0 aromatic carbocycles. The fourth-order valence-electron chi connectivity index (χ4n) is 1.20. The molecule has 4 N–H and O–H groups in total. The largest absolute Gasteiger partial charge is 0.388 e. The van der Waals surface area contributed by atoms with Crippen LogP contribution in [-0.2, 0) is 4.74 Å². The molecule has 1 fully saturated rings. The number of hydrogen-bond donors (Lipinski definition) is 4. The summed E-state index contributed by atoms with van der Waals surface area (Å²) in [5.74, 6) is -1.72. The Morgan fingerprint density at radius 3 is 2.50 bits per heavy atom. The Morgan fingerprint density at radius 1 is 1.42 bits per heavy atom. The maximum atomic E-state index is 9.49. The standard InChI is InChI=1S/C7H14O5/c1-2-7(11)6(10)5(9)4(8)3-12-7/h4-6,8-11H,2-3H2,1H3/t4-,5+,6-,7+/m1/s1. The summed E-state index contributed by atoms with van der Waals surface area (Å²) < 4.78 is 4.81. The molecule has 1 aliphatic heterocycles. The zero-order valence-electron chi connectivity index (χ0n) is 6.84. The van der Waals surface area contributed by atoms with Crippen LogP contribution in [0.2, 0.25) is 0 Å². The molecule has 0 bridgehead atoms. The van der Waals surface area contributed by atoms with E-state index in [1.54, 1.807) is 6.92 Å². The van der Waals surface area contributed by atoms with E-state index in [9.17, 15) is 15.3 Å². The van der Waals surface area contributed by atoms with Crippen molar-refractivity contribution in [2.45, 2.75) is 37.4 Å². The van der Waals surface area contributed by atoms with Gasteiger partial charge in [0.2, 0.25) is 0 Å². The van der Waals surface area contributed by atoms with Gasteiger partial charge in [0.1, 0.15) is 18.3 Å². The van der Waals surface area contributed by atoms with Crippen LogP contribution >= 0.6 is 0 Å². The summed E-state index contributed by atoms with van der Waals surface area (Å²) in [6.45, 7) is 1.45. The van der Waals surface area contributed by atoms with Crippen LogP contribution in [0.3, 0.4) is 0 Å². The van der Waals surface area contributed by atoms with Crippen molar-refractivity contribution in [1.29, 1.82) is 0 Å². The van der Waals surface area contributed by atoms with Crippen molar-refractivity contribution in [2.24, 2.45) is 0 Å². The quantitative estimate of drug-likeness (QED) is 0.380. The summed E-state index contributed by atoms with van der Waals surface area (Å²) in [4.78, 5) is 0. The summed E-state index contributed by atoms with van der Waals surface area (Å²) in [7, 11) is 0. The smallest absolute Gasteiger partial charge is 0.194 e. The minimum absolute atomic E-state index is 0.164. The third-order valence-corrected chi connectivity index (χ3v) is 2.19. The highest BCUT2D eigenvalue weighted by Gasteiger charge is 2.46. The second-order valence-electron chi connectivity index (χ2n) is 3.01. The summed E-state index contributed by atoms with van der Waals surface area (Å²) in [6.07, 6.45) is -3.76. The van der Waals surface area contributed by atoms with Gasteiger partial charge < -0.3 is 25.2 Å². The highest BCUT2D eigenvalue weighted by molar-refractivity contribution is 4.90. The normalized spacial score (nSPS) is 49.2. The Morgan fingerprint density at radius 2 is 2.00 bits per heavy atom. The Bertz CT molecular complexity index is 162. The van der Waals surface area contributed by atoms with Gasteiger partial charge in [0.05, 0.1) is 6.61 Å². The van der Waals surface area contributed by atoms with E-state index < -0.39 is 24.1 Å². The third kappa shape index (κ3) is 1.46. The molecule has 4 atom stereocenters. The maximum absolute atomic E-state index is 9.49. The zero-order valence-corrected chi connectivity index (χ0v) is 6.84. The molecule has 0 radical (unpaired) electrons. The minimum Gasteiger partial charge on any atom is -0.388 e. The zero-order chi connectivity index (χ0) is 9.35. The van der Waals surface area contributed by atoms with Crippen LogP contribution in [0.25, 0.3) is 0 Å². The van der Waals surface area contributed by atoms with E-state index in [-0.39, 0.29) is 13.0 Å². The fraction of sp³-hybridized carbons (Fsp3) is 1.00. The molecule has 5 heteroatoms. The predicted molar refractivity (Wildman–Crippen MR) is 39.2 cm³/mol. The Kier molecular flexibility index (Phi) is 2.70. The number of aliphatic hydroxyl groups excluding tert-OH is 3. The SMILES string of the molecule is CC[C@]1(O)OC[C@@H](O)[C@H](O)[C@H]1O. The first-order chi connectivity index (χ1) is 5.51. The van der Waals surface area contributed by atoms with Crippen LogP contribution in [0.15, 0.2) is 0 Å². The lowest BCUT2D eigenvalue weighted by Gasteiger charge is -2.41. The van der Waals surface area contributed by atoms with Gasteiger partial charge in [-0.15, -0.1) is 0 Å². The van der Waals surface area contributed by atoms with Crippen LogP contribution in [-0.4, -0.2) is 51.1 Å². The lowest BCUT2D eigenvalue weighted by Crippen LogP contribution is -2.60. The van der Waals surface area contributed by atoms with Crippen molar-refractivity contribution < 1.29 is 25.2 Å². The summed E-state index contributed by atoms with van der Waals surface area (Å²) in [5, 5.41) is 37.0. The van der Waals surface area contributed by atoms with Crippen molar-refractivity contribution in [3.63, 3.8) is 0 Å². The van der Waals surface area contributed by atoms with Gasteiger partial charge in [-0.25, -0.2) is 0 Å². The van der Waals surface area contributed by atoms with Crippen molar-refractivity contribution in [2.75, 3.05) is 6.61 Å². The van der Waals surface area contributed by atoms with E-state index in [2.05, 4.69) is 0 Å². The van der Waals surface area contributed by atoms with Gasteiger partial charge in [-0.05, 0) is 0 Å². The highest BCUT2D eigenvalue weighted by Crippen LogP contribution is 2.26.